The molecule has 3 rings (SSSR count). The Bertz CT molecular complexity index is 1100. The number of hydrogen-bond donors (Lipinski definition) is 3. The number of anilines is 1. The van der Waals surface area contributed by atoms with Crippen LogP contribution in [-0.2, 0) is 4.79 Å². The summed E-state index contributed by atoms with van der Waals surface area (Å²) < 4.78 is 0. The lowest BCUT2D eigenvalue weighted by atomic mass is 10.0. The number of carbonyl (C=O) groups is 2. The molecular weight excluding hydrogens is 406 g/mol. The Balaban J connectivity index is 1.53. The maximum atomic E-state index is 12.2. The number of benzene rings is 3. The van der Waals surface area contributed by atoms with Gasteiger partial charge in [-0.25, -0.2) is 0 Å². The van der Waals surface area contributed by atoms with Crippen LogP contribution in [0.3, 0.4) is 0 Å². The fraction of sp³-hybridized carbons (Fsp3) is 0.160. The Morgan fingerprint density at radius 2 is 1.71 bits per heavy atom. The van der Waals surface area contributed by atoms with Gasteiger partial charge >= 0.3 is 0 Å². The smallest absolute Gasteiger partial charge is 0.251 e. The monoisotopic (exact) mass is 431 g/mol. The molecule has 0 aliphatic heterocycles. The molecule has 3 aromatic rings. The molecule has 0 aromatic heterocycles. The van der Waals surface area contributed by atoms with Gasteiger partial charge < -0.3 is 10.6 Å². The van der Waals surface area contributed by atoms with E-state index in [9.17, 15) is 9.59 Å². The number of amides is 2. The molecule has 0 fully saturated rings. The molecule has 0 aliphatic carbocycles. The van der Waals surface area contributed by atoms with Gasteiger partial charge in [-0.1, -0.05) is 55.8 Å². The van der Waals surface area contributed by atoms with Gasteiger partial charge in [0.25, 0.3) is 5.91 Å². The van der Waals surface area contributed by atoms with Crippen LogP contribution in [0.4, 0.5) is 5.69 Å². The average Bonchev–Trinajstić information content (AvgIpc) is 2.78. The summed E-state index contributed by atoms with van der Waals surface area (Å²) in [6, 6.07) is 20.9. The van der Waals surface area contributed by atoms with Crippen LogP contribution in [0.25, 0.3) is 16.8 Å². The predicted octanol–water partition coefficient (Wildman–Crippen LogP) is 4.90. The van der Waals surface area contributed by atoms with Crippen molar-refractivity contribution in [3.8, 4) is 0 Å². The van der Waals surface area contributed by atoms with E-state index in [4.69, 9.17) is 12.2 Å². The van der Waals surface area contributed by atoms with Gasteiger partial charge in [-0.3, -0.25) is 14.9 Å². The van der Waals surface area contributed by atoms with Crippen molar-refractivity contribution in [2.24, 2.45) is 0 Å². The summed E-state index contributed by atoms with van der Waals surface area (Å²) in [5.41, 5.74) is 2.22. The van der Waals surface area contributed by atoms with E-state index < -0.39 is 0 Å². The molecule has 0 aliphatic rings. The van der Waals surface area contributed by atoms with Crippen molar-refractivity contribution in [1.29, 1.82) is 0 Å². The van der Waals surface area contributed by atoms with E-state index in [0.29, 0.717) is 17.8 Å². The van der Waals surface area contributed by atoms with Crippen molar-refractivity contribution in [2.75, 3.05) is 11.9 Å². The fourth-order valence-electron chi connectivity index (χ4n) is 3.06. The molecule has 0 bridgehead atoms. The van der Waals surface area contributed by atoms with Crippen molar-refractivity contribution in [3.05, 3.63) is 83.9 Å². The highest BCUT2D eigenvalue weighted by Crippen LogP contribution is 2.19. The third-order valence-corrected chi connectivity index (χ3v) is 4.90. The molecule has 6 heteroatoms. The predicted molar refractivity (Wildman–Crippen MR) is 131 cm³/mol. The van der Waals surface area contributed by atoms with E-state index in [1.807, 2.05) is 42.5 Å². The zero-order valence-corrected chi connectivity index (χ0v) is 18.2. The number of fused-ring (bicyclic) bond motifs is 1. The molecule has 0 saturated heterocycles. The second kappa shape index (κ2) is 11.0. The Labute approximate surface area is 187 Å². The average molecular weight is 432 g/mol. The standard InChI is InChI=1S/C25H25N3O2S/c1-2-3-17-26-24(30)20-11-14-21(15-12-20)27-25(31)28-23(29)16-13-19-9-6-8-18-7-4-5-10-22(18)19/h4-16H,2-3,17H2,1H3,(H,26,30)(H2,27,28,29,31)/b16-13+. The van der Waals surface area contributed by atoms with Gasteiger partial charge in [0, 0.05) is 23.9 Å². The first kappa shape index (κ1) is 22.2. The summed E-state index contributed by atoms with van der Waals surface area (Å²) in [6.45, 7) is 2.74. The maximum absolute atomic E-state index is 12.2. The van der Waals surface area contributed by atoms with Crippen LogP contribution >= 0.6 is 12.2 Å². The minimum atomic E-state index is -0.322. The molecule has 0 atom stereocenters. The highest BCUT2D eigenvalue weighted by Gasteiger charge is 2.06. The first-order chi connectivity index (χ1) is 15.1. The first-order valence-electron chi connectivity index (χ1n) is 10.2. The van der Waals surface area contributed by atoms with Crippen LogP contribution in [0.5, 0.6) is 0 Å². The Morgan fingerprint density at radius 1 is 0.968 bits per heavy atom. The van der Waals surface area contributed by atoms with Crippen molar-refractivity contribution < 1.29 is 9.59 Å². The zero-order valence-electron chi connectivity index (χ0n) is 17.4. The molecule has 158 valence electrons. The number of thiocarbonyl (C=S) groups is 1. The van der Waals surface area contributed by atoms with Gasteiger partial charge in [-0.15, -0.1) is 0 Å². The second-order valence-corrected chi connectivity index (χ2v) is 7.44. The first-order valence-corrected chi connectivity index (χ1v) is 10.6. The topological polar surface area (TPSA) is 70.2 Å². The normalized spacial score (nSPS) is 10.7. The van der Waals surface area contributed by atoms with Crippen LogP contribution in [0.15, 0.2) is 72.8 Å². The lowest BCUT2D eigenvalue weighted by Gasteiger charge is -2.09. The molecular formula is C25H25N3O2S. The molecule has 5 nitrogen and oxygen atoms in total. The summed E-state index contributed by atoms with van der Waals surface area (Å²) >= 11 is 5.22. The van der Waals surface area contributed by atoms with E-state index in [2.05, 4.69) is 22.9 Å². The van der Waals surface area contributed by atoms with Gasteiger partial charge in [0.15, 0.2) is 5.11 Å². The molecule has 3 N–H and O–H groups in total. The van der Waals surface area contributed by atoms with Crippen LogP contribution in [0.1, 0.15) is 35.7 Å². The van der Waals surface area contributed by atoms with Gasteiger partial charge in [-0.05, 0) is 65.3 Å². The molecule has 31 heavy (non-hydrogen) atoms. The van der Waals surface area contributed by atoms with Crippen LogP contribution in [-0.4, -0.2) is 23.5 Å². The van der Waals surface area contributed by atoms with Gasteiger partial charge in [0.1, 0.15) is 0 Å². The number of unbranched alkanes of at least 4 members (excludes halogenated alkanes) is 1. The Morgan fingerprint density at radius 3 is 2.48 bits per heavy atom. The summed E-state index contributed by atoms with van der Waals surface area (Å²) in [4.78, 5) is 24.3. The SMILES string of the molecule is CCCCNC(=O)c1ccc(NC(=S)NC(=O)/C=C/c2cccc3ccccc23)cc1. The van der Waals surface area contributed by atoms with Crippen LogP contribution < -0.4 is 16.0 Å². The van der Waals surface area contributed by atoms with Crippen LogP contribution in [0, 0.1) is 0 Å². The highest BCUT2D eigenvalue weighted by molar-refractivity contribution is 7.80. The van der Waals surface area contributed by atoms with E-state index in [0.717, 1.165) is 29.2 Å². The maximum Gasteiger partial charge on any atom is 0.251 e. The molecule has 0 radical (unpaired) electrons. The van der Waals surface area contributed by atoms with E-state index in [-0.39, 0.29) is 16.9 Å². The molecule has 2 amide bonds. The Kier molecular flexibility index (Phi) is 7.90. The highest BCUT2D eigenvalue weighted by atomic mass is 32.1. The Hall–Kier alpha value is -3.51. The molecule has 0 unspecified atom stereocenters. The van der Waals surface area contributed by atoms with E-state index >= 15 is 0 Å². The molecule has 0 heterocycles. The summed E-state index contributed by atoms with van der Waals surface area (Å²) in [6.07, 6.45) is 5.21. The number of hydrogen-bond acceptors (Lipinski definition) is 3. The summed E-state index contributed by atoms with van der Waals surface area (Å²) in [5.74, 6) is -0.424. The quantitative estimate of drug-likeness (QED) is 0.283. The van der Waals surface area contributed by atoms with Crippen LogP contribution in [0.2, 0.25) is 0 Å². The molecule has 0 spiro atoms. The lowest BCUT2D eigenvalue weighted by molar-refractivity contribution is -0.115. The van der Waals surface area contributed by atoms with Gasteiger partial charge in [0.2, 0.25) is 5.91 Å². The summed E-state index contributed by atoms with van der Waals surface area (Å²) in [7, 11) is 0. The van der Waals surface area contributed by atoms with Crippen molar-refractivity contribution in [3.63, 3.8) is 0 Å². The third-order valence-electron chi connectivity index (χ3n) is 4.70. The number of carbonyl (C=O) groups excluding carboxylic acids is 2. The van der Waals surface area contributed by atoms with Gasteiger partial charge in [0.05, 0.1) is 0 Å². The lowest BCUT2D eigenvalue weighted by Crippen LogP contribution is -2.32. The number of rotatable bonds is 7. The minimum absolute atomic E-state index is 0.102. The largest absolute Gasteiger partial charge is 0.352 e. The zero-order chi connectivity index (χ0) is 22.1. The van der Waals surface area contributed by atoms with E-state index in [1.54, 1.807) is 30.3 Å². The minimum Gasteiger partial charge on any atom is -0.352 e. The van der Waals surface area contributed by atoms with Crippen molar-refractivity contribution in [2.45, 2.75) is 19.8 Å². The molecule has 0 saturated carbocycles. The molecule has 3 aromatic carbocycles. The summed E-state index contributed by atoms with van der Waals surface area (Å²) in [5, 5.41) is 10.8. The van der Waals surface area contributed by atoms with Crippen molar-refractivity contribution >= 4 is 51.7 Å². The fourth-order valence-corrected chi connectivity index (χ4v) is 3.28. The number of nitrogens with one attached hydrogen (secondary N) is 3. The van der Waals surface area contributed by atoms with Crippen molar-refractivity contribution in [1.82, 2.24) is 10.6 Å². The van der Waals surface area contributed by atoms with Gasteiger partial charge in [-0.2, -0.15) is 0 Å². The van der Waals surface area contributed by atoms with E-state index in [1.165, 1.54) is 6.08 Å². The third kappa shape index (κ3) is 6.49. The second-order valence-electron chi connectivity index (χ2n) is 7.03.